The number of anilines is 1. The molecule has 0 saturated heterocycles. The van der Waals surface area contributed by atoms with Crippen molar-refractivity contribution < 1.29 is 52.2 Å². The van der Waals surface area contributed by atoms with E-state index in [0.29, 0.717) is 68.6 Å². The van der Waals surface area contributed by atoms with Crippen LogP contribution in [0.25, 0.3) is 5.57 Å². The van der Waals surface area contributed by atoms with E-state index in [1.54, 1.807) is 51.1 Å². The molecule has 16 nitrogen and oxygen atoms in total. The SMILES string of the molecule is CC(C)COC(=O)c1ccc(NC(=O)[C@@H]2c3cccc(C4=CCN(CC(=O)NCCCC[C@H](NC(=O)OC(C)(C)C)C(=O)OCC(C)C)CC4)c3CCN2C(=O)[C@H]2CC(c3cccc(Cl)c3F)=NO2)cc1. The minimum absolute atomic E-state index is 0.0319. The topological polar surface area (TPSA) is 194 Å². The van der Waals surface area contributed by atoms with Gasteiger partial charge >= 0.3 is 18.0 Å². The second-order valence-electron chi connectivity index (χ2n) is 19.8. The zero-order valence-corrected chi connectivity index (χ0v) is 42.4. The van der Waals surface area contributed by atoms with Crippen LogP contribution in [0.2, 0.25) is 5.02 Å². The molecule has 3 atom stereocenters. The molecule has 18 heteroatoms. The molecular formula is C53H66ClFN6O10. The number of rotatable bonds is 19. The van der Waals surface area contributed by atoms with Crippen molar-refractivity contribution in [1.29, 1.82) is 0 Å². The smallest absolute Gasteiger partial charge is 0.408 e. The highest BCUT2D eigenvalue weighted by atomic mass is 35.5. The highest BCUT2D eigenvalue weighted by Gasteiger charge is 2.42. The zero-order chi connectivity index (χ0) is 51.4. The molecule has 0 bridgehead atoms. The monoisotopic (exact) mass is 1000 g/mol. The summed E-state index contributed by atoms with van der Waals surface area (Å²) in [5.41, 5.74) is 3.91. The molecule has 0 aromatic heterocycles. The normalized spacial score (nSPS) is 17.3. The van der Waals surface area contributed by atoms with Crippen LogP contribution in [0.4, 0.5) is 14.9 Å². The Bertz CT molecular complexity index is 2490. The number of nitrogens with zero attached hydrogens (tertiary/aromatic N) is 3. The third kappa shape index (κ3) is 15.1. The summed E-state index contributed by atoms with van der Waals surface area (Å²) in [7, 11) is 0. The third-order valence-corrected chi connectivity index (χ3v) is 12.2. The first-order chi connectivity index (χ1) is 33.8. The highest BCUT2D eigenvalue weighted by molar-refractivity contribution is 6.31. The summed E-state index contributed by atoms with van der Waals surface area (Å²) in [6, 6.07) is 14.6. The van der Waals surface area contributed by atoms with Crippen molar-refractivity contribution in [2.45, 2.75) is 111 Å². The van der Waals surface area contributed by atoms with Crippen LogP contribution in [0.3, 0.4) is 0 Å². The molecule has 0 radical (unpaired) electrons. The lowest BCUT2D eigenvalue weighted by Crippen LogP contribution is -2.49. The van der Waals surface area contributed by atoms with E-state index in [4.69, 9.17) is 30.6 Å². The van der Waals surface area contributed by atoms with E-state index < -0.39 is 59.5 Å². The second-order valence-corrected chi connectivity index (χ2v) is 20.2. The Morgan fingerprint density at radius 1 is 0.887 bits per heavy atom. The molecule has 0 unspecified atom stereocenters. The number of amides is 4. The lowest BCUT2D eigenvalue weighted by molar-refractivity contribution is -0.148. The average Bonchev–Trinajstić information content (AvgIpc) is 3.82. The lowest BCUT2D eigenvalue weighted by Gasteiger charge is -2.38. The minimum atomic E-state index is -1.12. The van der Waals surface area contributed by atoms with Gasteiger partial charge in [0.05, 0.1) is 36.1 Å². The number of oxime groups is 1. The summed E-state index contributed by atoms with van der Waals surface area (Å²) in [6.07, 6.45) is 2.73. The Hall–Kier alpha value is -6.33. The minimum Gasteiger partial charge on any atom is -0.464 e. The molecule has 3 aromatic carbocycles. The van der Waals surface area contributed by atoms with Gasteiger partial charge in [-0.25, -0.2) is 18.8 Å². The number of carbonyl (C=O) groups excluding carboxylic acids is 6. The Kier molecular flexibility index (Phi) is 18.8. The zero-order valence-electron chi connectivity index (χ0n) is 41.6. The first-order valence-corrected chi connectivity index (χ1v) is 24.7. The van der Waals surface area contributed by atoms with Gasteiger partial charge in [-0.3, -0.25) is 19.3 Å². The van der Waals surface area contributed by atoms with E-state index in [1.807, 2.05) is 50.8 Å². The van der Waals surface area contributed by atoms with Crippen LogP contribution in [0.5, 0.6) is 0 Å². The van der Waals surface area contributed by atoms with E-state index in [1.165, 1.54) is 17.0 Å². The molecule has 3 aliphatic rings. The first kappa shape index (κ1) is 54.0. The van der Waals surface area contributed by atoms with E-state index in [-0.39, 0.29) is 66.8 Å². The van der Waals surface area contributed by atoms with Gasteiger partial charge in [-0.15, -0.1) is 0 Å². The van der Waals surface area contributed by atoms with Crippen molar-refractivity contribution in [3.05, 3.63) is 105 Å². The molecule has 3 N–H and O–H groups in total. The molecular weight excluding hydrogens is 935 g/mol. The van der Waals surface area contributed by atoms with E-state index in [2.05, 4.69) is 27.2 Å². The number of alkyl carbamates (subject to hydrolysis) is 1. The number of unbranched alkanes of at least 4 members (excludes halogenated alkanes) is 1. The van der Waals surface area contributed by atoms with Crippen LogP contribution in [0, 0.1) is 17.7 Å². The van der Waals surface area contributed by atoms with Gasteiger partial charge in [-0.2, -0.15) is 0 Å². The molecule has 0 spiro atoms. The number of esters is 2. The van der Waals surface area contributed by atoms with Gasteiger partial charge in [0.1, 0.15) is 17.7 Å². The van der Waals surface area contributed by atoms with Crippen LogP contribution in [-0.4, -0.2) is 115 Å². The number of carbonyl (C=O) groups is 6. The standard InChI is InChI=1S/C53H66ClFN6O10/c1-32(2)30-68-50(65)35-17-19-36(20-18-35)57-48(63)47-39-13-10-12-37(38(39)23-27-61(47)49(64)44-28-43(59-71-44)40-14-11-15-41(54)46(40)55)34-21-25-60(26-22-34)29-45(62)56-24-9-8-16-42(51(66)69-31-33(3)4)58-52(67)70-53(5,6)7/h10-15,17-21,32-33,42,44,47H,8-9,16,22-31H2,1-7H3,(H,56,62)(H,57,63)(H,58,67)/t42-,44+,47-/m0/s1. The molecule has 0 fully saturated rings. The number of nitrogens with one attached hydrogen (secondary N) is 3. The fraction of sp³-hybridized carbons (Fsp3) is 0.491. The number of fused-ring (bicyclic) bond motifs is 1. The van der Waals surface area contributed by atoms with Crippen molar-refractivity contribution in [2.75, 3.05) is 51.3 Å². The summed E-state index contributed by atoms with van der Waals surface area (Å²) in [6.45, 7) is 15.3. The number of hydrogen-bond donors (Lipinski definition) is 3. The van der Waals surface area contributed by atoms with E-state index in [9.17, 15) is 33.2 Å². The summed E-state index contributed by atoms with van der Waals surface area (Å²) in [5, 5.41) is 12.5. The molecule has 0 saturated carbocycles. The number of ether oxygens (including phenoxy) is 3. The molecule has 0 aliphatic carbocycles. The van der Waals surface area contributed by atoms with Gasteiger partial charge in [0, 0.05) is 43.9 Å². The van der Waals surface area contributed by atoms with Crippen LogP contribution in [0.15, 0.2) is 71.9 Å². The fourth-order valence-corrected chi connectivity index (χ4v) is 8.58. The van der Waals surface area contributed by atoms with Crippen molar-refractivity contribution in [1.82, 2.24) is 20.4 Å². The molecule has 382 valence electrons. The van der Waals surface area contributed by atoms with Crippen LogP contribution in [-0.2, 0) is 44.6 Å². The Balaban J connectivity index is 1.10. The van der Waals surface area contributed by atoms with Gasteiger partial charge in [-0.1, -0.05) is 74.8 Å². The van der Waals surface area contributed by atoms with Gasteiger partial charge in [0.2, 0.25) is 12.0 Å². The highest BCUT2D eigenvalue weighted by Crippen LogP contribution is 2.38. The van der Waals surface area contributed by atoms with Crippen molar-refractivity contribution in [3.63, 3.8) is 0 Å². The second kappa shape index (κ2) is 24.7. The summed E-state index contributed by atoms with van der Waals surface area (Å²) in [4.78, 5) is 89.0. The molecule has 3 aliphatic heterocycles. The van der Waals surface area contributed by atoms with E-state index >= 15 is 0 Å². The average molecular weight is 1000 g/mol. The Morgan fingerprint density at radius 3 is 2.28 bits per heavy atom. The predicted octanol–water partition coefficient (Wildman–Crippen LogP) is 8.02. The quantitative estimate of drug-likeness (QED) is 0.0598. The molecule has 4 amide bonds. The summed E-state index contributed by atoms with van der Waals surface area (Å²) >= 11 is 6.04. The van der Waals surface area contributed by atoms with Gasteiger partial charge in [-0.05, 0) is 123 Å². The maximum absolute atomic E-state index is 15.0. The van der Waals surface area contributed by atoms with Gasteiger partial charge in [0.25, 0.3) is 11.8 Å². The van der Waals surface area contributed by atoms with Crippen LogP contribution in [0.1, 0.15) is 119 Å². The lowest BCUT2D eigenvalue weighted by atomic mass is 9.84. The molecule has 3 heterocycles. The van der Waals surface area contributed by atoms with Crippen molar-refractivity contribution in [3.8, 4) is 0 Å². The number of benzene rings is 3. The van der Waals surface area contributed by atoms with Crippen LogP contribution < -0.4 is 16.0 Å². The summed E-state index contributed by atoms with van der Waals surface area (Å²) < 4.78 is 31.1. The van der Waals surface area contributed by atoms with Crippen molar-refractivity contribution >= 4 is 64.3 Å². The van der Waals surface area contributed by atoms with Crippen LogP contribution >= 0.6 is 11.6 Å². The maximum Gasteiger partial charge on any atom is 0.408 e. The third-order valence-electron chi connectivity index (χ3n) is 11.9. The largest absolute Gasteiger partial charge is 0.464 e. The Morgan fingerprint density at radius 2 is 1.59 bits per heavy atom. The molecule has 71 heavy (non-hydrogen) atoms. The molecule has 3 aromatic rings. The van der Waals surface area contributed by atoms with Gasteiger partial charge in [0.15, 0.2) is 5.82 Å². The fourth-order valence-electron chi connectivity index (χ4n) is 8.40. The van der Waals surface area contributed by atoms with E-state index in [0.717, 1.165) is 16.7 Å². The predicted molar refractivity (Wildman–Crippen MR) is 267 cm³/mol. The number of hydrogen-bond acceptors (Lipinski definition) is 12. The van der Waals surface area contributed by atoms with Crippen molar-refractivity contribution in [2.24, 2.45) is 17.0 Å². The maximum atomic E-state index is 15.0. The Labute approximate surface area is 420 Å². The molecule has 6 rings (SSSR count). The number of halogens is 2. The van der Waals surface area contributed by atoms with Gasteiger partial charge < -0.3 is 39.9 Å². The summed E-state index contributed by atoms with van der Waals surface area (Å²) in [5.74, 6) is -2.49. The first-order valence-electron chi connectivity index (χ1n) is 24.3.